The van der Waals surface area contributed by atoms with Gasteiger partial charge in [0.2, 0.25) is 5.91 Å². The quantitative estimate of drug-likeness (QED) is 0.751. The van der Waals surface area contributed by atoms with Crippen molar-refractivity contribution in [3.8, 4) is 11.1 Å². The van der Waals surface area contributed by atoms with E-state index in [0.717, 1.165) is 16.7 Å². The lowest BCUT2D eigenvalue weighted by molar-refractivity contribution is 0.100. The van der Waals surface area contributed by atoms with E-state index in [0.29, 0.717) is 5.56 Å². The molecule has 3 rings (SSSR count). The molecule has 0 radical (unpaired) electrons. The van der Waals surface area contributed by atoms with E-state index >= 15 is 0 Å². The van der Waals surface area contributed by atoms with E-state index in [1.807, 2.05) is 54.6 Å². The molecule has 1 atom stereocenters. The van der Waals surface area contributed by atoms with E-state index in [1.165, 1.54) is 5.56 Å². The summed E-state index contributed by atoms with van der Waals surface area (Å²) in [6, 6.07) is 26.0. The summed E-state index contributed by atoms with van der Waals surface area (Å²) in [6.07, 6.45) is 0. The molecule has 0 aromatic heterocycles. The average Bonchev–Trinajstić information content (AvgIpc) is 2.62. The predicted octanol–water partition coefficient (Wildman–Crippen LogP) is 4.60. The van der Waals surface area contributed by atoms with Gasteiger partial charge in [0.15, 0.2) is 0 Å². The molecule has 0 aliphatic carbocycles. The zero-order chi connectivity index (χ0) is 16.2. The molecule has 0 saturated carbocycles. The van der Waals surface area contributed by atoms with Crippen LogP contribution >= 0.6 is 0 Å². The Kier molecular flexibility index (Phi) is 4.24. The summed E-state index contributed by atoms with van der Waals surface area (Å²) in [5.41, 5.74) is 10.5. The summed E-state index contributed by atoms with van der Waals surface area (Å²) in [6.45, 7) is 2.15. The lowest BCUT2D eigenvalue weighted by Crippen LogP contribution is -2.14. The van der Waals surface area contributed by atoms with Crippen LogP contribution < -0.4 is 5.73 Å². The van der Waals surface area contributed by atoms with Crippen LogP contribution in [0.1, 0.15) is 34.3 Å². The second-order valence-electron chi connectivity index (χ2n) is 5.63. The second kappa shape index (κ2) is 6.49. The average molecular weight is 301 g/mol. The number of carbonyl (C=O) groups excluding carboxylic acids is 1. The molecule has 0 spiro atoms. The molecule has 3 aromatic rings. The first-order valence-electron chi connectivity index (χ1n) is 7.71. The van der Waals surface area contributed by atoms with Crippen LogP contribution in [0.2, 0.25) is 0 Å². The Balaban J connectivity index is 2.21. The molecular formula is C21H19NO. The molecule has 0 aliphatic heterocycles. The van der Waals surface area contributed by atoms with Crippen LogP contribution in [0, 0.1) is 0 Å². The fourth-order valence-electron chi connectivity index (χ4n) is 2.98. The maximum absolute atomic E-state index is 11.9. The van der Waals surface area contributed by atoms with Gasteiger partial charge < -0.3 is 5.73 Å². The second-order valence-corrected chi connectivity index (χ2v) is 5.63. The molecule has 1 amide bonds. The van der Waals surface area contributed by atoms with Gasteiger partial charge in [-0.25, -0.2) is 0 Å². The number of amides is 1. The summed E-state index contributed by atoms with van der Waals surface area (Å²) in [5.74, 6) is -0.225. The third-order valence-corrected chi connectivity index (χ3v) is 4.19. The van der Waals surface area contributed by atoms with Crippen molar-refractivity contribution in [1.29, 1.82) is 0 Å². The molecule has 2 heteroatoms. The Morgan fingerprint density at radius 2 is 1.43 bits per heavy atom. The van der Waals surface area contributed by atoms with Crippen molar-refractivity contribution in [1.82, 2.24) is 0 Å². The highest BCUT2D eigenvalue weighted by molar-refractivity contribution is 6.00. The molecule has 0 saturated heterocycles. The molecule has 2 nitrogen and oxygen atoms in total. The van der Waals surface area contributed by atoms with Gasteiger partial charge in [-0.1, -0.05) is 79.7 Å². The Bertz CT molecular complexity index is 810. The van der Waals surface area contributed by atoms with Gasteiger partial charge in [0, 0.05) is 11.5 Å². The molecule has 0 aliphatic rings. The molecule has 0 heterocycles. The van der Waals surface area contributed by atoms with Crippen LogP contribution in [0.25, 0.3) is 11.1 Å². The largest absolute Gasteiger partial charge is 0.366 e. The summed E-state index contributed by atoms with van der Waals surface area (Å²) < 4.78 is 0. The van der Waals surface area contributed by atoms with Crippen molar-refractivity contribution in [3.63, 3.8) is 0 Å². The number of benzene rings is 3. The fourth-order valence-corrected chi connectivity index (χ4v) is 2.98. The van der Waals surface area contributed by atoms with E-state index in [9.17, 15) is 4.79 Å². The van der Waals surface area contributed by atoms with Crippen LogP contribution in [0.5, 0.6) is 0 Å². The summed E-state index contributed by atoms with van der Waals surface area (Å²) in [4.78, 5) is 11.9. The molecule has 3 aromatic carbocycles. The summed E-state index contributed by atoms with van der Waals surface area (Å²) in [5, 5.41) is 0. The van der Waals surface area contributed by atoms with Gasteiger partial charge in [0.05, 0.1) is 0 Å². The van der Waals surface area contributed by atoms with Gasteiger partial charge in [0.25, 0.3) is 0 Å². The highest BCUT2D eigenvalue weighted by Crippen LogP contribution is 2.35. The Morgan fingerprint density at radius 3 is 2.04 bits per heavy atom. The van der Waals surface area contributed by atoms with Crippen molar-refractivity contribution in [2.24, 2.45) is 5.73 Å². The Morgan fingerprint density at radius 1 is 0.826 bits per heavy atom. The van der Waals surface area contributed by atoms with Crippen LogP contribution in [0.4, 0.5) is 0 Å². The molecular weight excluding hydrogens is 282 g/mol. The van der Waals surface area contributed by atoms with Gasteiger partial charge >= 0.3 is 0 Å². The standard InChI is InChI=1S/C21H19NO/c1-15(16-9-4-2-5-10-16)18-13-8-14-19(21(22)23)20(18)17-11-6-3-7-12-17/h2-15H,1H3,(H2,22,23). The van der Waals surface area contributed by atoms with E-state index in [-0.39, 0.29) is 5.92 Å². The van der Waals surface area contributed by atoms with Crippen LogP contribution in [0.3, 0.4) is 0 Å². The van der Waals surface area contributed by atoms with E-state index in [2.05, 4.69) is 25.1 Å². The predicted molar refractivity (Wildman–Crippen MR) is 94.4 cm³/mol. The number of hydrogen-bond acceptors (Lipinski definition) is 1. The third kappa shape index (κ3) is 3.02. The van der Waals surface area contributed by atoms with Gasteiger partial charge in [-0.2, -0.15) is 0 Å². The SMILES string of the molecule is CC(c1ccccc1)c1cccc(C(N)=O)c1-c1ccccc1. The molecule has 23 heavy (non-hydrogen) atoms. The van der Waals surface area contributed by atoms with Gasteiger partial charge in [0.1, 0.15) is 0 Å². The van der Waals surface area contributed by atoms with Gasteiger partial charge in [-0.3, -0.25) is 4.79 Å². The number of rotatable bonds is 4. The van der Waals surface area contributed by atoms with E-state index < -0.39 is 5.91 Å². The van der Waals surface area contributed by atoms with Crippen molar-refractivity contribution in [2.45, 2.75) is 12.8 Å². The number of hydrogen-bond donors (Lipinski definition) is 1. The van der Waals surface area contributed by atoms with Crippen molar-refractivity contribution in [2.75, 3.05) is 0 Å². The minimum atomic E-state index is -0.397. The molecule has 0 bridgehead atoms. The summed E-state index contributed by atoms with van der Waals surface area (Å²) >= 11 is 0. The minimum absolute atomic E-state index is 0.172. The normalized spacial score (nSPS) is 11.9. The zero-order valence-corrected chi connectivity index (χ0v) is 13.1. The topological polar surface area (TPSA) is 43.1 Å². The van der Waals surface area contributed by atoms with E-state index in [1.54, 1.807) is 6.07 Å². The number of primary amides is 1. The first kappa shape index (κ1) is 15.0. The van der Waals surface area contributed by atoms with Crippen LogP contribution in [0.15, 0.2) is 78.9 Å². The smallest absolute Gasteiger partial charge is 0.249 e. The number of nitrogens with two attached hydrogens (primary N) is 1. The zero-order valence-electron chi connectivity index (χ0n) is 13.1. The Labute approximate surface area is 136 Å². The van der Waals surface area contributed by atoms with Crippen molar-refractivity contribution >= 4 is 5.91 Å². The monoisotopic (exact) mass is 301 g/mol. The number of carbonyl (C=O) groups is 1. The lowest BCUT2D eigenvalue weighted by Gasteiger charge is -2.19. The fraction of sp³-hybridized carbons (Fsp3) is 0.0952. The van der Waals surface area contributed by atoms with Gasteiger partial charge in [-0.05, 0) is 28.3 Å². The first-order chi connectivity index (χ1) is 11.2. The maximum Gasteiger partial charge on any atom is 0.249 e. The summed E-state index contributed by atoms with van der Waals surface area (Å²) in [7, 11) is 0. The van der Waals surface area contributed by atoms with Crippen molar-refractivity contribution in [3.05, 3.63) is 95.6 Å². The first-order valence-corrected chi connectivity index (χ1v) is 7.71. The molecule has 0 fully saturated rings. The van der Waals surface area contributed by atoms with E-state index in [4.69, 9.17) is 5.73 Å². The highest BCUT2D eigenvalue weighted by Gasteiger charge is 2.19. The maximum atomic E-state index is 11.9. The third-order valence-electron chi connectivity index (χ3n) is 4.19. The highest BCUT2D eigenvalue weighted by atomic mass is 16.1. The molecule has 2 N–H and O–H groups in total. The van der Waals surface area contributed by atoms with Gasteiger partial charge in [-0.15, -0.1) is 0 Å². The van der Waals surface area contributed by atoms with Crippen molar-refractivity contribution < 1.29 is 4.79 Å². The van der Waals surface area contributed by atoms with Crippen LogP contribution in [-0.2, 0) is 0 Å². The molecule has 1 unspecified atom stereocenters. The Hall–Kier alpha value is -2.87. The van der Waals surface area contributed by atoms with Crippen LogP contribution in [-0.4, -0.2) is 5.91 Å². The lowest BCUT2D eigenvalue weighted by atomic mass is 9.84. The molecule has 114 valence electrons. The minimum Gasteiger partial charge on any atom is -0.366 e.